The molecule has 0 unspecified atom stereocenters. The largest absolute Gasteiger partial charge is 0.353 e. The molecule has 1 aromatic rings. The Balaban J connectivity index is 1.31. The van der Waals surface area contributed by atoms with E-state index in [1.807, 2.05) is 0 Å². The van der Waals surface area contributed by atoms with Gasteiger partial charge in [-0.25, -0.2) is 0 Å². The number of nitrogens with one attached hydrogen (secondary N) is 1. The molecule has 1 amide bonds. The lowest BCUT2D eigenvalue weighted by molar-refractivity contribution is -0.129. The van der Waals surface area contributed by atoms with Crippen LogP contribution in [0.25, 0.3) is 0 Å². The molecule has 0 spiro atoms. The van der Waals surface area contributed by atoms with Gasteiger partial charge in [0, 0.05) is 23.9 Å². The van der Waals surface area contributed by atoms with Crippen LogP contribution in [0.5, 0.6) is 0 Å². The molecule has 0 radical (unpaired) electrons. The highest BCUT2D eigenvalue weighted by Gasteiger charge is 2.41. The molecule has 0 bridgehead atoms. The van der Waals surface area contributed by atoms with Crippen LogP contribution >= 0.6 is 0 Å². The van der Waals surface area contributed by atoms with Crippen LogP contribution in [0.1, 0.15) is 76.7 Å². The molecule has 1 heterocycles. The van der Waals surface area contributed by atoms with Crippen LogP contribution in [0, 0.1) is 11.8 Å². The summed E-state index contributed by atoms with van der Waals surface area (Å²) in [5, 5.41) is 3.32. The molecule has 1 aromatic carbocycles. The van der Waals surface area contributed by atoms with Gasteiger partial charge < -0.3 is 5.32 Å². The highest BCUT2D eigenvalue weighted by molar-refractivity contribution is 5.80. The van der Waals surface area contributed by atoms with Gasteiger partial charge in [-0.1, -0.05) is 36.8 Å². The van der Waals surface area contributed by atoms with E-state index in [-0.39, 0.29) is 23.1 Å². The highest BCUT2D eigenvalue weighted by Crippen LogP contribution is 2.39. The van der Waals surface area contributed by atoms with E-state index in [9.17, 15) is 9.59 Å². The summed E-state index contributed by atoms with van der Waals surface area (Å²) in [7, 11) is 0. The number of nitrogens with zero attached hydrogens (tertiary/aromatic N) is 1. The summed E-state index contributed by atoms with van der Waals surface area (Å²) in [6.45, 7) is 4.12. The van der Waals surface area contributed by atoms with Crippen LogP contribution in [0.15, 0.2) is 30.3 Å². The van der Waals surface area contributed by atoms with Crippen molar-refractivity contribution in [2.75, 3.05) is 13.1 Å². The minimum Gasteiger partial charge on any atom is -0.353 e. The Hall–Kier alpha value is -1.68. The molecular formula is C26H38N2O2. The summed E-state index contributed by atoms with van der Waals surface area (Å²) in [6.07, 6.45) is 12.0. The number of hydrogen-bond donors (Lipinski definition) is 1. The van der Waals surface area contributed by atoms with E-state index in [1.165, 1.54) is 50.8 Å². The average molecular weight is 411 g/mol. The van der Waals surface area contributed by atoms with Gasteiger partial charge in [0.05, 0.1) is 0 Å². The van der Waals surface area contributed by atoms with Crippen LogP contribution in [-0.2, 0) is 16.0 Å². The summed E-state index contributed by atoms with van der Waals surface area (Å²) in [5.41, 5.74) is 1.70. The predicted molar refractivity (Wildman–Crippen MR) is 120 cm³/mol. The molecular weight excluding hydrogens is 372 g/mol. The first kappa shape index (κ1) is 21.5. The van der Waals surface area contributed by atoms with Gasteiger partial charge in [-0.05, 0) is 89.3 Å². The second-order valence-corrected chi connectivity index (χ2v) is 10.1. The van der Waals surface area contributed by atoms with E-state index < -0.39 is 0 Å². The smallest absolute Gasteiger partial charge is 0.220 e. The van der Waals surface area contributed by atoms with Gasteiger partial charge in [-0.3, -0.25) is 14.5 Å². The lowest BCUT2D eigenvalue weighted by Crippen LogP contribution is -2.56. The number of likely N-dealkylation sites (tertiary alicyclic amines) is 1. The van der Waals surface area contributed by atoms with Gasteiger partial charge in [0.2, 0.25) is 5.91 Å². The lowest BCUT2D eigenvalue weighted by Gasteiger charge is -2.50. The maximum absolute atomic E-state index is 12.5. The zero-order valence-corrected chi connectivity index (χ0v) is 18.6. The summed E-state index contributed by atoms with van der Waals surface area (Å²) >= 11 is 0. The van der Waals surface area contributed by atoms with E-state index in [1.54, 1.807) is 6.92 Å². The first-order valence-corrected chi connectivity index (χ1v) is 12.1. The number of rotatable bonds is 7. The minimum absolute atomic E-state index is 0.195. The Morgan fingerprint density at radius 3 is 2.33 bits per heavy atom. The van der Waals surface area contributed by atoms with Crippen molar-refractivity contribution in [1.29, 1.82) is 0 Å². The number of carbonyl (C=O) groups is 2. The van der Waals surface area contributed by atoms with Crippen LogP contribution in [0.3, 0.4) is 0 Å². The van der Waals surface area contributed by atoms with Crippen LogP contribution in [0.4, 0.5) is 0 Å². The first-order chi connectivity index (χ1) is 14.5. The van der Waals surface area contributed by atoms with Crippen LogP contribution in [-0.4, -0.2) is 41.3 Å². The minimum atomic E-state index is 0.195. The van der Waals surface area contributed by atoms with Crippen LogP contribution < -0.4 is 5.32 Å². The standard InChI is InChI=1S/C26H38N2O2/c1-20(29)23-16-22(17-23)18-25(30)27-24-10-12-26(13-11-24,28-14-6-3-7-15-28)19-21-8-4-2-5-9-21/h2,4-5,8-9,22-24H,3,6-7,10-19H2,1H3,(H,27,30). The van der Waals surface area contributed by atoms with E-state index >= 15 is 0 Å². The molecule has 2 aliphatic carbocycles. The number of amides is 1. The number of Topliss-reactive ketones (excluding diaryl/α,β-unsaturated/α-hetero) is 1. The Morgan fingerprint density at radius 1 is 1.03 bits per heavy atom. The summed E-state index contributed by atoms with van der Waals surface area (Å²) in [4.78, 5) is 26.7. The number of benzene rings is 1. The van der Waals surface area contributed by atoms with Crippen molar-refractivity contribution in [2.45, 2.75) is 89.1 Å². The number of piperidine rings is 1. The molecule has 4 nitrogen and oxygen atoms in total. The molecule has 1 saturated heterocycles. The second-order valence-electron chi connectivity index (χ2n) is 10.1. The van der Waals surface area contributed by atoms with Crippen molar-refractivity contribution >= 4 is 11.7 Å². The van der Waals surface area contributed by atoms with Gasteiger partial charge in [-0.2, -0.15) is 0 Å². The van der Waals surface area contributed by atoms with Gasteiger partial charge in [0.25, 0.3) is 0 Å². The molecule has 4 heteroatoms. The molecule has 1 N–H and O–H groups in total. The number of hydrogen-bond acceptors (Lipinski definition) is 3. The Bertz CT molecular complexity index is 712. The molecule has 164 valence electrons. The molecule has 0 atom stereocenters. The molecule has 30 heavy (non-hydrogen) atoms. The van der Waals surface area contributed by atoms with Gasteiger partial charge in [0.15, 0.2) is 0 Å². The van der Waals surface area contributed by atoms with E-state index in [2.05, 4.69) is 40.5 Å². The fourth-order valence-corrected chi connectivity index (χ4v) is 6.03. The van der Waals surface area contributed by atoms with Gasteiger partial charge in [-0.15, -0.1) is 0 Å². The molecule has 0 aromatic heterocycles. The number of carbonyl (C=O) groups excluding carboxylic acids is 2. The third-order valence-corrected chi connectivity index (χ3v) is 7.97. The summed E-state index contributed by atoms with van der Waals surface area (Å²) in [5.74, 6) is 1.10. The van der Waals surface area contributed by atoms with Gasteiger partial charge >= 0.3 is 0 Å². The van der Waals surface area contributed by atoms with Crippen molar-refractivity contribution in [3.63, 3.8) is 0 Å². The van der Waals surface area contributed by atoms with Crippen molar-refractivity contribution in [3.05, 3.63) is 35.9 Å². The Morgan fingerprint density at radius 2 is 1.70 bits per heavy atom. The fourth-order valence-electron chi connectivity index (χ4n) is 6.03. The predicted octanol–water partition coefficient (Wildman–Crippen LogP) is 4.52. The zero-order valence-electron chi connectivity index (χ0n) is 18.6. The average Bonchev–Trinajstić information content (AvgIpc) is 2.73. The highest BCUT2D eigenvalue weighted by atomic mass is 16.1. The Kier molecular flexibility index (Phi) is 6.92. The van der Waals surface area contributed by atoms with Crippen molar-refractivity contribution in [3.8, 4) is 0 Å². The molecule has 4 rings (SSSR count). The molecule has 3 fully saturated rings. The van der Waals surface area contributed by atoms with Crippen molar-refractivity contribution < 1.29 is 9.59 Å². The number of ketones is 1. The molecule has 3 aliphatic rings. The summed E-state index contributed by atoms with van der Waals surface area (Å²) < 4.78 is 0. The van der Waals surface area contributed by atoms with E-state index in [0.29, 0.717) is 18.4 Å². The van der Waals surface area contributed by atoms with E-state index in [4.69, 9.17) is 0 Å². The zero-order chi connectivity index (χ0) is 21.0. The van der Waals surface area contributed by atoms with E-state index in [0.717, 1.165) is 32.1 Å². The summed E-state index contributed by atoms with van der Waals surface area (Å²) in [6, 6.07) is 11.3. The molecule has 1 aliphatic heterocycles. The Labute approximate surface area is 181 Å². The first-order valence-electron chi connectivity index (χ1n) is 12.1. The normalized spacial score (nSPS) is 32.2. The topological polar surface area (TPSA) is 49.4 Å². The monoisotopic (exact) mass is 410 g/mol. The van der Waals surface area contributed by atoms with Gasteiger partial charge in [0.1, 0.15) is 5.78 Å². The third kappa shape index (κ3) is 5.14. The maximum Gasteiger partial charge on any atom is 0.220 e. The van der Waals surface area contributed by atoms with Crippen LogP contribution in [0.2, 0.25) is 0 Å². The van der Waals surface area contributed by atoms with Crippen molar-refractivity contribution in [2.24, 2.45) is 11.8 Å². The SMILES string of the molecule is CC(=O)C1CC(CC(=O)NC2CCC(Cc3ccccc3)(N3CCCCC3)CC2)C1. The van der Waals surface area contributed by atoms with Crippen molar-refractivity contribution in [1.82, 2.24) is 10.2 Å². The third-order valence-electron chi connectivity index (χ3n) is 7.97. The molecule has 2 saturated carbocycles. The second kappa shape index (κ2) is 9.64. The fraction of sp³-hybridized carbons (Fsp3) is 0.692. The quantitative estimate of drug-likeness (QED) is 0.719. The maximum atomic E-state index is 12.5. The lowest BCUT2D eigenvalue weighted by atomic mass is 9.71.